The van der Waals surface area contributed by atoms with Crippen LogP contribution in [0.15, 0.2) is 48.5 Å². The Bertz CT molecular complexity index is 722. The van der Waals surface area contributed by atoms with E-state index < -0.39 is 35.4 Å². The van der Waals surface area contributed by atoms with E-state index in [-0.39, 0.29) is 17.7 Å². The summed E-state index contributed by atoms with van der Waals surface area (Å²) in [5, 5.41) is 0. The van der Waals surface area contributed by atoms with Gasteiger partial charge in [0.15, 0.2) is 0 Å². The quantitative estimate of drug-likeness (QED) is 0.526. The number of esters is 1. The van der Waals surface area contributed by atoms with Crippen LogP contribution in [0.4, 0.5) is 26.3 Å². The number of rotatable bonds is 4. The zero-order valence-corrected chi connectivity index (χ0v) is 13.5. The molecule has 0 aliphatic carbocycles. The molecular formula is C18H14F6O2. The van der Waals surface area contributed by atoms with Crippen LogP contribution in [0.2, 0.25) is 0 Å². The number of hydrogen-bond acceptors (Lipinski definition) is 2. The van der Waals surface area contributed by atoms with Crippen molar-refractivity contribution >= 4 is 5.97 Å². The van der Waals surface area contributed by atoms with Crippen LogP contribution >= 0.6 is 0 Å². The van der Waals surface area contributed by atoms with E-state index >= 15 is 0 Å². The number of benzene rings is 2. The molecule has 0 atom stereocenters. The molecule has 26 heavy (non-hydrogen) atoms. The molecule has 2 aromatic rings. The Morgan fingerprint density at radius 3 is 1.65 bits per heavy atom. The summed E-state index contributed by atoms with van der Waals surface area (Å²) in [5.74, 6) is -2.33. The lowest BCUT2D eigenvalue weighted by molar-refractivity contribution is -0.144. The summed E-state index contributed by atoms with van der Waals surface area (Å²) in [6.07, 6.45) is -9.30. The zero-order chi connectivity index (χ0) is 19.5. The summed E-state index contributed by atoms with van der Waals surface area (Å²) in [4.78, 5) is 12.3. The lowest BCUT2D eigenvalue weighted by Crippen LogP contribution is -2.19. The molecule has 0 N–H and O–H groups in total. The first-order valence-corrected chi connectivity index (χ1v) is 7.55. The number of halogens is 6. The van der Waals surface area contributed by atoms with Gasteiger partial charge in [0.1, 0.15) is 5.92 Å². The first-order chi connectivity index (χ1) is 12.0. The Morgan fingerprint density at radius 2 is 1.31 bits per heavy atom. The largest absolute Gasteiger partial charge is 0.465 e. The van der Waals surface area contributed by atoms with Gasteiger partial charge in [-0.15, -0.1) is 0 Å². The van der Waals surface area contributed by atoms with Crippen molar-refractivity contribution < 1.29 is 35.9 Å². The summed E-state index contributed by atoms with van der Waals surface area (Å²) in [6.45, 7) is 1.43. The fourth-order valence-electron chi connectivity index (χ4n) is 2.48. The molecular weight excluding hydrogens is 362 g/mol. The first-order valence-electron chi connectivity index (χ1n) is 7.55. The Kier molecular flexibility index (Phi) is 5.63. The summed E-state index contributed by atoms with van der Waals surface area (Å²) >= 11 is 0. The van der Waals surface area contributed by atoms with Crippen molar-refractivity contribution in [1.82, 2.24) is 0 Å². The van der Waals surface area contributed by atoms with Gasteiger partial charge in [0.25, 0.3) is 0 Å². The van der Waals surface area contributed by atoms with Gasteiger partial charge in [0.2, 0.25) is 0 Å². The maximum Gasteiger partial charge on any atom is 0.416 e. The second-order valence-corrected chi connectivity index (χ2v) is 5.43. The molecule has 140 valence electrons. The van der Waals surface area contributed by atoms with Gasteiger partial charge in [-0.25, -0.2) is 0 Å². The maximum absolute atomic E-state index is 12.9. The van der Waals surface area contributed by atoms with E-state index in [0.717, 1.165) is 36.4 Å². The predicted octanol–water partition coefficient (Wildman–Crippen LogP) is 5.42. The molecule has 0 aromatic heterocycles. The van der Waals surface area contributed by atoms with Crippen LogP contribution in [0, 0.1) is 0 Å². The molecule has 2 aromatic carbocycles. The zero-order valence-electron chi connectivity index (χ0n) is 13.5. The molecule has 0 spiro atoms. The average Bonchev–Trinajstić information content (AvgIpc) is 2.54. The van der Waals surface area contributed by atoms with Crippen molar-refractivity contribution in [3.63, 3.8) is 0 Å². The van der Waals surface area contributed by atoms with Crippen LogP contribution in [-0.2, 0) is 21.9 Å². The SMILES string of the molecule is CCOC(=O)C(c1cccc(C(F)(F)F)c1)c1cccc(C(F)(F)F)c1. The second-order valence-electron chi connectivity index (χ2n) is 5.43. The van der Waals surface area contributed by atoms with Crippen LogP contribution in [0.3, 0.4) is 0 Å². The Labute approximate surface area is 145 Å². The van der Waals surface area contributed by atoms with Gasteiger partial charge in [-0.3, -0.25) is 4.79 Å². The number of ether oxygens (including phenoxy) is 1. The molecule has 0 saturated heterocycles. The van der Waals surface area contributed by atoms with Gasteiger partial charge < -0.3 is 4.74 Å². The van der Waals surface area contributed by atoms with Gasteiger partial charge in [-0.1, -0.05) is 36.4 Å². The summed E-state index contributed by atoms with van der Waals surface area (Å²) in [6, 6.07) is 7.80. The first kappa shape index (κ1) is 19.8. The summed E-state index contributed by atoms with van der Waals surface area (Å²) in [5.41, 5.74) is -2.21. The van der Waals surface area contributed by atoms with Crippen LogP contribution < -0.4 is 0 Å². The molecule has 0 unspecified atom stereocenters. The van der Waals surface area contributed by atoms with Gasteiger partial charge in [-0.2, -0.15) is 26.3 Å². The molecule has 0 heterocycles. The highest BCUT2D eigenvalue weighted by Crippen LogP contribution is 2.36. The van der Waals surface area contributed by atoms with E-state index in [1.54, 1.807) is 0 Å². The van der Waals surface area contributed by atoms with Crippen molar-refractivity contribution in [3.05, 3.63) is 70.8 Å². The van der Waals surface area contributed by atoms with E-state index in [9.17, 15) is 31.1 Å². The van der Waals surface area contributed by atoms with E-state index in [2.05, 4.69) is 0 Å². The van der Waals surface area contributed by atoms with Gasteiger partial charge in [0, 0.05) is 0 Å². The second kappa shape index (κ2) is 7.39. The fourth-order valence-corrected chi connectivity index (χ4v) is 2.48. The smallest absolute Gasteiger partial charge is 0.416 e. The minimum absolute atomic E-state index is 0.0622. The summed E-state index contributed by atoms with van der Waals surface area (Å²) in [7, 11) is 0. The van der Waals surface area contributed by atoms with E-state index in [4.69, 9.17) is 4.74 Å². The molecule has 0 radical (unpaired) electrons. The van der Waals surface area contributed by atoms with Gasteiger partial charge >= 0.3 is 18.3 Å². The van der Waals surface area contributed by atoms with Crippen molar-refractivity contribution in [2.24, 2.45) is 0 Å². The minimum Gasteiger partial charge on any atom is -0.465 e. The molecule has 0 saturated carbocycles. The Hall–Kier alpha value is -2.51. The van der Waals surface area contributed by atoms with Crippen molar-refractivity contribution in [2.45, 2.75) is 25.2 Å². The number of alkyl halides is 6. The lowest BCUT2D eigenvalue weighted by atomic mass is 9.89. The van der Waals surface area contributed by atoms with E-state index in [1.165, 1.54) is 19.1 Å². The molecule has 0 amide bonds. The van der Waals surface area contributed by atoms with Crippen LogP contribution in [0.25, 0.3) is 0 Å². The molecule has 0 aliphatic heterocycles. The highest BCUT2D eigenvalue weighted by Gasteiger charge is 2.34. The monoisotopic (exact) mass is 376 g/mol. The van der Waals surface area contributed by atoms with Crippen molar-refractivity contribution in [3.8, 4) is 0 Å². The van der Waals surface area contributed by atoms with E-state index in [0.29, 0.717) is 0 Å². The molecule has 0 aliphatic rings. The highest BCUT2D eigenvalue weighted by molar-refractivity contribution is 5.82. The third-order valence-corrected chi connectivity index (χ3v) is 3.62. The number of carbonyl (C=O) groups excluding carboxylic acids is 1. The van der Waals surface area contributed by atoms with Crippen LogP contribution in [0.5, 0.6) is 0 Å². The fraction of sp³-hybridized carbons (Fsp3) is 0.278. The van der Waals surface area contributed by atoms with Gasteiger partial charge in [0.05, 0.1) is 17.7 Å². The number of hydrogen-bond donors (Lipinski definition) is 0. The van der Waals surface area contributed by atoms with Crippen LogP contribution in [-0.4, -0.2) is 12.6 Å². The third kappa shape index (κ3) is 4.56. The Morgan fingerprint density at radius 1 is 0.885 bits per heavy atom. The summed E-state index contributed by atoms with van der Waals surface area (Å²) < 4.78 is 82.5. The average molecular weight is 376 g/mol. The predicted molar refractivity (Wildman–Crippen MR) is 81.4 cm³/mol. The standard InChI is InChI=1S/C18H14F6O2/c1-2-26-16(25)15(11-5-3-7-13(9-11)17(19,20)21)12-6-4-8-14(10-12)18(22,23)24/h3-10,15H,2H2,1H3. The maximum atomic E-state index is 12.9. The van der Waals surface area contributed by atoms with E-state index in [1.807, 2.05) is 0 Å². The van der Waals surface area contributed by atoms with Crippen LogP contribution in [0.1, 0.15) is 35.1 Å². The molecule has 2 rings (SSSR count). The molecule has 0 fully saturated rings. The topological polar surface area (TPSA) is 26.3 Å². The molecule has 2 nitrogen and oxygen atoms in total. The lowest BCUT2D eigenvalue weighted by Gasteiger charge is -2.19. The Balaban J connectivity index is 2.57. The highest BCUT2D eigenvalue weighted by atomic mass is 19.4. The number of carbonyl (C=O) groups is 1. The van der Waals surface area contributed by atoms with Crippen molar-refractivity contribution in [2.75, 3.05) is 6.61 Å². The normalized spacial score (nSPS) is 12.3. The van der Waals surface area contributed by atoms with Gasteiger partial charge in [-0.05, 0) is 30.2 Å². The molecule has 8 heteroatoms. The minimum atomic E-state index is -4.65. The van der Waals surface area contributed by atoms with Crippen molar-refractivity contribution in [1.29, 1.82) is 0 Å². The third-order valence-electron chi connectivity index (χ3n) is 3.62. The molecule has 0 bridgehead atoms.